The number of ether oxygens (including phenoxy) is 1. The summed E-state index contributed by atoms with van der Waals surface area (Å²) in [5, 5.41) is 0. The van der Waals surface area contributed by atoms with Crippen molar-refractivity contribution < 1.29 is 9.13 Å². The normalized spacial score (nSPS) is 11.8. The number of fused-ring (bicyclic) bond motifs is 1. The number of aromatic amines is 1. The lowest BCUT2D eigenvalue weighted by Crippen LogP contribution is -2.10. The Morgan fingerprint density at radius 1 is 1.18 bits per heavy atom. The molecule has 0 radical (unpaired) electrons. The molecule has 0 spiro atoms. The first-order valence-electron chi connectivity index (χ1n) is 6.96. The highest BCUT2D eigenvalue weighted by molar-refractivity contribution is 5.79. The molecular formula is C17H16FN3O. The summed E-state index contributed by atoms with van der Waals surface area (Å²) in [6.45, 7) is 0.296. The summed E-state index contributed by atoms with van der Waals surface area (Å²) in [5.41, 5.74) is 8.69. The average Bonchev–Trinajstić information content (AvgIpc) is 3.00. The molecule has 0 aliphatic carbocycles. The van der Waals surface area contributed by atoms with Crippen LogP contribution in [0.5, 0.6) is 5.75 Å². The van der Waals surface area contributed by atoms with Crippen LogP contribution in [-0.2, 0) is 0 Å². The van der Waals surface area contributed by atoms with Crippen LogP contribution >= 0.6 is 0 Å². The molecule has 3 N–H and O–H groups in total. The van der Waals surface area contributed by atoms with Gasteiger partial charge in [-0.2, -0.15) is 0 Å². The first-order chi connectivity index (χ1) is 10.8. The van der Waals surface area contributed by atoms with E-state index in [2.05, 4.69) is 9.97 Å². The summed E-state index contributed by atoms with van der Waals surface area (Å²) in [6, 6.07) is 15.4. The summed E-state index contributed by atoms with van der Waals surface area (Å²) in [7, 11) is 0. The first kappa shape index (κ1) is 14.3. The van der Waals surface area contributed by atoms with Crippen molar-refractivity contribution in [2.24, 2.45) is 5.73 Å². The Balaban J connectivity index is 1.76. The number of nitrogens with two attached hydrogens (primary N) is 1. The summed E-state index contributed by atoms with van der Waals surface area (Å²) >= 11 is 0. The number of H-pyrrole nitrogens is 1. The molecule has 2 aromatic carbocycles. The number of aromatic nitrogens is 2. The van der Waals surface area contributed by atoms with Gasteiger partial charge in [0.2, 0.25) is 0 Å². The predicted molar refractivity (Wildman–Crippen MR) is 85.3 cm³/mol. The highest BCUT2D eigenvalue weighted by atomic mass is 19.1. The second-order valence-corrected chi connectivity index (χ2v) is 4.89. The van der Waals surface area contributed by atoms with E-state index < -0.39 is 0 Å². The van der Waals surface area contributed by atoms with E-state index in [9.17, 15) is 4.39 Å². The number of hydrogen-bond donors (Lipinski definition) is 2. The fourth-order valence-corrected chi connectivity index (χ4v) is 2.11. The third-order valence-electron chi connectivity index (χ3n) is 3.36. The highest BCUT2D eigenvalue weighted by Gasteiger charge is 2.05. The van der Waals surface area contributed by atoms with E-state index in [1.165, 1.54) is 0 Å². The molecule has 0 atom stereocenters. The van der Waals surface area contributed by atoms with Gasteiger partial charge in [0.25, 0.3) is 0 Å². The largest absolute Gasteiger partial charge is 0.489 e. The van der Waals surface area contributed by atoms with Crippen molar-refractivity contribution >= 4 is 11.0 Å². The van der Waals surface area contributed by atoms with Crippen molar-refractivity contribution in [3.63, 3.8) is 0 Å². The van der Waals surface area contributed by atoms with Gasteiger partial charge >= 0.3 is 0 Å². The molecule has 0 saturated carbocycles. The fraction of sp³-hybridized carbons (Fsp3) is 0.118. The highest BCUT2D eigenvalue weighted by Crippen LogP contribution is 2.22. The van der Waals surface area contributed by atoms with Gasteiger partial charge in [0.15, 0.2) is 0 Å². The van der Waals surface area contributed by atoms with E-state index in [4.69, 9.17) is 10.5 Å². The second kappa shape index (κ2) is 6.41. The standard InChI is InChI=1S/C17H16FN3O/c18-9-12(10-19)11-22-14-7-5-13(6-8-14)17-20-15-3-1-2-4-16(15)21-17/h1-9H,10-11,19H2,(H,20,21)/b12-9-. The number of halogens is 1. The van der Waals surface area contributed by atoms with Gasteiger partial charge in [-0.25, -0.2) is 9.37 Å². The zero-order valence-corrected chi connectivity index (χ0v) is 11.9. The maximum Gasteiger partial charge on any atom is 0.138 e. The topological polar surface area (TPSA) is 63.9 Å². The zero-order chi connectivity index (χ0) is 15.4. The molecule has 0 aliphatic rings. The van der Waals surface area contributed by atoms with Crippen LogP contribution in [0.2, 0.25) is 0 Å². The monoisotopic (exact) mass is 297 g/mol. The summed E-state index contributed by atoms with van der Waals surface area (Å²) in [6.07, 6.45) is 0.489. The Morgan fingerprint density at radius 3 is 2.64 bits per heavy atom. The Labute approximate surface area is 127 Å². The van der Waals surface area contributed by atoms with Crippen LogP contribution in [0, 0.1) is 0 Å². The van der Waals surface area contributed by atoms with Gasteiger partial charge in [-0.05, 0) is 36.4 Å². The summed E-state index contributed by atoms with van der Waals surface area (Å²) in [4.78, 5) is 7.81. The first-order valence-corrected chi connectivity index (χ1v) is 6.96. The average molecular weight is 297 g/mol. The molecule has 0 amide bonds. The molecule has 1 heterocycles. The van der Waals surface area contributed by atoms with E-state index in [0.29, 0.717) is 17.7 Å². The lowest BCUT2D eigenvalue weighted by molar-refractivity contribution is 0.347. The Morgan fingerprint density at radius 2 is 1.95 bits per heavy atom. The molecule has 0 fully saturated rings. The third-order valence-corrected chi connectivity index (χ3v) is 3.36. The van der Waals surface area contributed by atoms with Crippen LogP contribution in [-0.4, -0.2) is 23.1 Å². The lowest BCUT2D eigenvalue weighted by Gasteiger charge is -2.07. The Hall–Kier alpha value is -2.66. The van der Waals surface area contributed by atoms with Crippen molar-refractivity contribution in [3.8, 4) is 17.1 Å². The Kier molecular flexibility index (Phi) is 4.16. The third kappa shape index (κ3) is 2.99. The Bertz CT molecular complexity index is 760. The molecule has 112 valence electrons. The number of hydrogen-bond acceptors (Lipinski definition) is 3. The number of nitrogens with zero attached hydrogens (tertiary/aromatic N) is 1. The second-order valence-electron chi connectivity index (χ2n) is 4.89. The maximum absolute atomic E-state index is 12.4. The molecule has 1 aromatic heterocycles. The van der Waals surface area contributed by atoms with Gasteiger partial charge in [-0.1, -0.05) is 12.1 Å². The lowest BCUT2D eigenvalue weighted by atomic mass is 10.2. The van der Waals surface area contributed by atoms with Crippen LogP contribution in [0.15, 0.2) is 60.4 Å². The molecule has 0 saturated heterocycles. The van der Waals surface area contributed by atoms with Gasteiger partial charge in [0.1, 0.15) is 18.2 Å². The van der Waals surface area contributed by atoms with Gasteiger partial charge in [-0.3, -0.25) is 0 Å². The quantitative estimate of drug-likeness (QED) is 0.758. The smallest absolute Gasteiger partial charge is 0.138 e. The zero-order valence-electron chi connectivity index (χ0n) is 11.9. The molecular weight excluding hydrogens is 281 g/mol. The van der Waals surface area contributed by atoms with Crippen LogP contribution in [0.4, 0.5) is 4.39 Å². The van der Waals surface area contributed by atoms with E-state index in [-0.39, 0.29) is 13.2 Å². The molecule has 0 bridgehead atoms. The van der Waals surface area contributed by atoms with Crippen molar-refractivity contribution in [2.45, 2.75) is 0 Å². The minimum absolute atomic E-state index is 0.146. The minimum Gasteiger partial charge on any atom is -0.489 e. The van der Waals surface area contributed by atoms with Crippen LogP contribution in [0.25, 0.3) is 22.4 Å². The number of para-hydroxylation sites is 2. The summed E-state index contributed by atoms with van der Waals surface area (Å²) < 4.78 is 17.9. The van der Waals surface area contributed by atoms with E-state index >= 15 is 0 Å². The maximum atomic E-state index is 12.4. The van der Waals surface area contributed by atoms with Gasteiger partial charge in [0, 0.05) is 17.7 Å². The number of benzene rings is 2. The number of nitrogens with one attached hydrogen (secondary N) is 1. The molecule has 0 aliphatic heterocycles. The SMILES string of the molecule is NC/C(=C/F)COc1ccc(-c2nc3ccccc3[nH]2)cc1. The van der Waals surface area contributed by atoms with Crippen molar-refractivity contribution in [1.82, 2.24) is 9.97 Å². The molecule has 0 unspecified atom stereocenters. The molecule has 3 rings (SSSR count). The van der Waals surface area contributed by atoms with E-state index in [1.54, 1.807) is 0 Å². The van der Waals surface area contributed by atoms with Gasteiger partial charge in [-0.15, -0.1) is 0 Å². The molecule has 3 aromatic rings. The number of imidazole rings is 1. The van der Waals surface area contributed by atoms with Gasteiger partial charge in [0.05, 0.1) is 17.4 Å². The van der Waals surface area contributed by atoms with Crippen LogP contribution < -0.4 is 10.5 Å². The van der Waals surface area contributed by atoms with Gasteiger partial charge < -0.3 is 15.5 Å². The van der Waals surface area contributed by atoms with Crippen molar-refractivity contribution in [3.05, 3.63) is 60.4 Å². The minimum atomic E-state index is 0.146. The fourth-order valence-electron chi connectivity index (χ4n) is 2.11. The number of rotatable bonds is 5. The van der Waals surface area contributed by atoms with Crippen LogP contribution in [0.1, 0.15) is 0 Å². The molecule has 4 nitrogen and oxygen atoms in total. The summed E-state index contributed by atoms with van der Waals surface area (Å²) in [5.74, 6) is 1.46. The van der Waals surface area contributed by atoms with Crippen molar-refractivity contribution in [1.29, 1.82) is 0 Å². The predicted octanol–water partition coefficient (Wildman–Crippen LogP) is 3.42. The van der Waals surface area contributed by atoms with Crippen molar-refractivity contribution in [2.75, 3.05) is 13.2 Å². The molecule has 5 heteroatoms. The van der Waals surface area contributed by atoms with Crippen LogP contribution in [0.3, 0.4) is 0 Å². The van der Waals surface area contributed by atoms with E-state index in [1.807, 2.05) is 48.5 Å². The molecule has 22 heavy (non-hydrogen) atoms. The van der Waals surface area contributed by atoms with E-state index in [0.717, 1.165) is 22.4 Å².